The van der Waals surface area contributed by atoms with Crippen LogP contribution in [0.3, 0.4) is 0 Å². The molecule has 2 atom stereocenters. The lowest BCUT2D eigenvalue weighted by atomic mass is 9.88. The Morgan fingerprint density at radius 3 is 2.67 bits per heavy atom. The van der Waals surface area contributed by atoms with E-state index in [0.29, 0.717) is 5.02 Å². The fourth-order valence-corrected chi connectivity index (χ4v) is 2.36. The van der Waals surface area contributed by atoms with E-state index in [9.17, 15) is 5.11 Å². The molecule has 0 radical (unpaired) electrons. The summed E-state index contributed by atoms with van der Waals surface area (Å²) in [5.74, 6) is 0. The Bertz CT molecular complexity index is 345. The predicted octanol–water partition coefficient (Wildman–Crippen LogP) is 2.33. The van der Waals surface area contributed by atoms with Crippen molar-refractivity contribution in [2.45, 2.75) is 25.0 Å². The number of rotatable bonds is 1. The maximum absolute atomic E-state index is 9.90. The molecule has 0 aromatic heterocycles. The zero-order valence-corrected chi connectivity index (χ0v) is 10.1. The van der Waals surface area contributed by atoms with Crippen molar-refractivity contribution < 1.29 is 5.11 Å². The topological polar surface area (TPSA) is 32.3 Å². The van der Waals surface area contributed by atoms with Crippen LogP contribution in [-0.4, -0.2) is 17.8 Å². The van der Waals surface area contributed by atoms with Crippen LogP contribution in [0.25, 0.3) is 0 Å². The van der Waals surface area contributed by atoms with Gasteiger partial charge in [0.15, 0.2) is 0 Å². The Balaban J connectivity index is 0.00000112. The number of nitrogens with one attached hydrogen (secondary N) is 1. The molecule has 1 heterocycles. The summed E-state index contributed by atoms with van der Waals surface area (Å²) in [5, 5.41) is 13.9. The maximum atomic E-state index is 9.90. The van der Waals surface area contributed by atoms with Crippen LogP contribution in [0.15, 0.2) is 24.3 Å². The van der Waals surface area contributed by atoms with E-state index in [1.807, 2.05) is 31.2 Å². The largest absolute Gasteiger partial charge is 0.391 e. The molecule has 2 N–H and O–H groups in total. The first-order valence-corrected chi connectivity index (χ1v) is 5.20. The molecule has 1 aliphatic heterocycles. The van der Waals surface area contributed by atoms with E-state index in [4.69, 9.17) is 11.6 Å². The zero-order chi connectivity index (χ0) is 10.2. The third kappa shape index (κ3) is 2.13. The average molecular weight is 248 g/mol. The minimum atomic E-state index is -0.391. The average Bonchev–Trinajstić information content (AvgIpc) is 2.49. The van der Waals surface area contributed by atoms with E-state index >= 15 is 0 Å². The number of halogens is 2. The predicted molar refractivity (Wildman–Crippen MR) is 64.7 cm³/mol. The van der Waals surface area contributed by atoms with Gasteiger partial charge in [-0.2, -0.15) is 0 Å². The fourth-order valence-electron chi connectivity index (χ4n) is 2.03. The van der Waals surface area contributed by atoms with E-state index in [1.54, 1.807) is 0 Å². The number of aliphatic hydroxyl groups excluding tert-OH is 1. The van der Waals surface area contributed by atoms with E-state index in [1.165, 1.54) is 0 Å². The number of aliphatic hydroxyl groups is 1. The molecule has 84 valence electrons. The molecule has 4 heteroatoms. The van der Waals surface area contributed by atoms with Crippen LogP contribution in [0, 0.1) is 0 Å². The smallest absolute Gasteiger partial charge is 0.0773 e. The SMILES string of the molecule is CC1(c2ccccc2Cl)NCCC1O.Cl. The number of benzene rings is 1. The van der Waals surface area contributed by atoms with Crippen molar-refractivity contribution in [1.82, 2.24) is 5.32 Å². The molecule has 0 bridgehead atoms. The van der Waals surface area contributed by atoms with Gasteiger partial charge in [0.2, 0.25) is 0 Å². The van der Waals surface area contributed by atoms with Gasteiger partial charge in [0.25, 0.3) is 0 Å². The van der Waals surface area contributed by atoms with Gasteiger partial charge < -0.3 is 10.4 Å². The van der Waals surface area contributed by atoms with Gasteiger partial charge in [-0.1, -0.05) is 29.8 Å². The maximum Gasteiger partial charge on any atom is 0.0773 e. The van der Waals surface area contributed by atoms with Crippen LogP contribution in [0.2, 0.25) is 5.02 Å². The Hall–Kier alpha value is -0.280. The van der Waals surface area contributed by atoms with Gasteiger partial charge in [0.1, 0.15) is 0 Å². The van der Waals surface area contributed by atoms with Crippen LogP contribution in [0.5, 0.6) is 0 Å². The molecule has 1 aromatic carbocycles. The van der Waals surface area contributed by atoms with Crippen LogP contribution in [0.4, 0.5) is 0 Å². The molecular formula is C11H15Cl2NO. The summed E-state index contributed by atoms with van der Waals surface area (Å²) in [7, 11) is 0. The van der Waals surface area contributed by atoms with Gasteiger partial charge in [-0.05, 0) is 31.5 Å². The van der Waals surface area contributed by atoms with Gasteiger partial charge in [-0.15, -0.1) is 12.4 Å². The summed E-state index contributed by atoms with van der Waals surface area (Å²) in [6, 6.07) is 7.66. The lowest BCUT2D eigenvalue weighted by molar-refractivity contribution is 0.107. The van der Waals surface area contributed by atoms with Gasteiger partial charge in [0, 0.05) is 5.02 Å². The normalized spacial score (nSPS) is 29.9. The molecule has 1 fully saturated rings. The van der Waals surface area contributed by atoms with Crippen LogP contribution in [0.1, 0.15) is 18.9 Å². The van der Waals surface area contributed by atoms with Crippen molar-refractivity contribution in [1.29, 1.82) is 0 Å². The molecule has 1 aliphatic rings. The number of hydrogen-bond acceptors (Lipinski definition) is 2. The van der Waals surface area contributed by atoms with E-state index in [-0.39, 0.29) is 18.5 Å². The van der Waals surface area contributed by atoms with E-state index < -0.39 is 5.54 Å². The first-order chi connectivity index (χ1) is 6.64. The zero-order valence-electron chi connectivity index (χ0n) is 8.53. The van der Waals surface area contributed by atoms with Crippen LogP contribution >= 0.6 is 24.0 Å². The van der Waals surface area contributed by atoms with Crippen molar-refractivity contribution in [3.8, 4) is 0 Å². The van der Waals surface area contributed by atoms with Crippen LogP contribution < -0.4 is 5.32 Å². The molecule has 0 amide bonds. The van der Waals surface area contributed by atoms with Gasteiger partial charge in [0.05, 0.1) is 11.6 Å². The van der Waals surface area contributed by atoms with Gasteiger partial charge >= 0.3 is 0 Å². The summed E-state index contributed by atoms with van der Waals surface area (Å²) in [6.45, 7) is 2.83. The molecule has 0 saturated carbocycles. The van der Waals surface area contributed by atoms with Crippen LogP contribution in [-0.2, 0) is 5.54 Å². The summed E-state index contributed by atoms with van der Waals surface area (Å²) >= 11 is 6.11. The lowest BCUT2D eigenvalue weighted by Crippen LogP contribution is -2.41. The van der Waals surface area contributed by atoms with Crippen molar-refractivity contribution in [2.24, 2.45) is 0 Å². The van der Waals surface area contributed by atoms with Crippen molar-refractivity contribution in [3.63, 3.8) is 0 Å². The highest BCUT2D eigenvalue weighted by atomic mass is 35.5. The molecule has 1 aromatic rings. The van der Waals surface area contributed by atoms with Gasteiger partial charge in [-0.3, -0.25) is 0 Å². The second-order valence-electron chi connectivity index (χ2n) is 3.91. The summed E-state index contributed by atoms with van der Waals surface area (Å²) in [6.07, 6.45) is 0.421. The first-order valence-electron chi connectivity index (χ1n) is 4.83. The molecule has 1 saturated heterocycles. The first kappa shape index (κ1) is 12.8. The highest BCUT2D eigenvalue weighted by Gasteiger charge is 2.39. The Morgan fingerprint density at radius 2 is 2.13 bits per heavy atom. The lowest BCUT2D eigenvalue weighted by Gasteiger charge is -2.29. The molecule has 0 aliphatic carbocycles. The second kappa shape index (κ2) is 4.71. The summed E-state index contributed by atoms with van der Waals surface area (Å²) in [5.41, 5.74) is 0.588. The molecule has 2 nitrogen and oxygen atoms in total. The molecule has 2 rings (SSSR count). The second-order valence-corrected chi connectivity index (χ2v) is 4.32. The Morgan fingerprint density at radius 1 is 1.47 bits per heavy atom. The quantitative estimate of drug-likeness (QED) is 0.799. The standard InChI is InChI=1S/C11H14ClNO.ClH/c1-11(10(14)6-7-13-11)8-4-2-3-5-9(8)12;/h2-5,10,13-14H,6-7H2,1H3;1H. The van der Waals surface area contributed by atoms with Crippen molar-refractivity contribution >= 4 is 24.0 Å². The summed E-state index contributed by atoms with van der Waals surface area (Å²) in [4.78, 5) is 0. The van der Waals surface area contributed by atoms with Crippen molar-refractivity contribution in [2.75, 3.05) is 6.54 Å². The third-order valence-corrected chi connectivity index (χ3v) is 3.34. The number of hydrogen-bond donors (Lipinski definition) is 2. The van der Waals surface area contributed by atoms with Crippen molar-refractivity contribution in [3.05, 3.63) is 34.9 Å². The monoisotopic (exact) mass is 247 g/mol. The third-order valence-electron chi connectivity index (χ3n) is 3.01. The highest BCUT2D eigenvalue weighted by Crippen LogP contribution is 2.34. The van der Waals surface area contributed by atoms with E-state index in [2.05, 4.69) is 5.32 Å². The minimum absolute atomic E-state index is 0. The minimum Gasteiger partial charge on any atom is -0.391 e. The highest BCUT2D eigenvalue weighted by molar-refractivity contribution is 6.31. The molecule has 2 unspecified atom stereocenters. The Labute approximate surface area is 101 Å². The van der Waals surface area contributed by atoms with Gasteiger partial charge in [-0.25, -0.2) is 0 Å². The molecule has 15 heavy (non-hydrogen) atoms. The summed E-state index contributed by atoms with van der Waals surface area (Å²) < 4.78 is 0. The molecular weight excluding hydrogens is 233 g/mol. The Kier molecular flexibility index (Phi) is 4.01. The molecule has 0 spiro atoms. The fraction of sp³-hybridized carbons (Fsp3) is 0.455. The van der Waals surface area contributed by atoms with E-state index in [0.717, 1.165) is 18.5 Å².